The Labute approximate surface area is 259 Å². The van der Waals surface area contributed by atoms with Crippen molar-refractivity contribution in [1.29, 1.82) is 5.26 Å². The first kappa shape index (κ1) is 31.1. The van der Waals surface area contributed by atoms with Crippen LogP contribution in [0.25, 0.3) is 11.3 Å². The number of amides is 1. The summed E-state index contributed by atoms with van der Waals surface area (Å²) < 4.78 is 72.7. The monoisotopic (exact) mass is 661 g/mol. The van der Waals surface area contributed by atoms with E-state index in [0.29, 0.717) is 27.4 Å². The van der Waals surface area contributed by atoms with Crippen LogP contribution in [0.4, 0.5) is 30.2 Å². The number of pyridine rings is 1. The summed E-state index contributed by atoms with van der Waals surface area (Å²) in [6.07, 6.45) is 2.42. The number of aryl methyl sites for hydroxylation is 1. The summed E-state index contributed by atoms with van der Waals surface area (Å²) in [5.74, 6) is -3.71. The number of sulfonamides is 1. The molecule has 9 nitrogen and oxygen atoms in total. The highest BCUT2D eigenvalue weighted by molar-refractivity contribution is 7.92. The Morgan fingerprint density at radius 1 is 1.16 bits per heavy atom. The lowest BCUT2D eigenvalue weighted by Crippen LogP contribution is -2.56. The van der Waals surface area contributed by atoms with Gasteiger partial charge in [0.2, 0.25) is 10.0 Å². The standard InChI is InChI=1S/C29H23ClF3N5O4S2/c1-16-24(10-26(43-16)28(39)36-21-6-19(30)7-22(8-21)37-44(2,40)41)27-25(9-23(12-35-27)38-14-29(32,33)15-38)42-13-18-3-17(11-34)4-20(31)5-18/h3-10,12,37H,13-15H2,1-2H3,(H,36,39). The van der Waals surface area contributed by atoms with Gasteiger partial charge in [-0.05, 0) is 55.0 Å². The first-order valence-electron chi connectivity index (χ1n) is 12.8. The molecule has 0 bridgehead atoms. The maximum Gasteiger partial charge on any atom is 0.282 e. The molecule has 0 aliphatic carbocycles. The molecule has 0 spiro atoms. The Morgan fingerprint density at radius 3 is 2.57 bits per heavy atom. The van der Waals surface area contributed by atoms with Gasteiger partial charge in [0.1, 0.15) is 23.9 Å². The van der Waals surface area contributed by atoms with E-state index in [1.165, 1.54) is 41.4 Å². The minimum atomic E-state index is -3.58. The highest BCUT2D eigenvalue weighted by Crippen LogP contribution is 2.40. The Balaban J connectivity index is 1.44. The third-order valence-electron chi connectivity index (χ3n) is 6.38. The molecule has 0 unspecified atom stereocenters. The molecule has 1 saturated heterocycles. The number of nitriles is 1. The molecule has 1 aliphatic heterocycles. The number of anilines is 3. The van der Waals surface area contributed by atoms with E-state index in [-0.39, 0.29) is 39.2 Å². The van der Waals surface area contributed by atoms with Crippen LogP contribution in [0.15, 0.2) is 54.7 Å². The average Bonchev–Trinajstić information content (AvgIpc) is 3.30. The number of aromatic nitrogens is 1. The largest absolute Gasteiger partial charge is 0.487 e. The number of nitrogens with one attached hydrogen (secondary N) is 2. The van der Waals surface area contributed by atoms with E-state index < -0.39 is 40.8 Å². The third-order valence-corrected chi connectivity index (χ3v) is 8.26. The highest BCUT2D eigenvalue weighted by Gasteiger charge is 2.44. The second-order valence-electron chi connectivity index (χ2n) is 10.1. The van der Waals surface area contributed by atoms with Crippen molar-refractivity contribution < 1.29 is 31.1 Å². The second kappa shape index (κ2) is 12.0. The van der Waals surface area contributed by atoms with Crippen molar-refractivity contribution in [2.75, 3.05) is 34.3 Å². The van der Waals surface area contributed by atoms with Crippen LogP contribution in [0.5, 0.6) is 5.75 Å². The Kier molecular flexibility index (Phi) is 8.48. The van der Waals surface area contributed by atoms with E-state index in [2.05, 4.69) is 15.0 Å². The molecular formula is C29H23ClF3N5O4S2. The lowest BCUT2D eigenvalue weighted by Gasteiger charge is -2.40. The highest BCUT2D eigenvalue weighted by atomic mass is 35.5. The number of ether oxygens (including phenoxy) is 1. The molecule has 0 saturated carbocycles. The number of carbonyl (C=O) groups is 1. The summed E-state index contributed by atoms with van der Waals surface area (Å²) in [7, 11) is -3.58. The minimum Gasteiger partial charge on any atom is -0.487 e. The molecule has 0 atom stereocenters. The van der Waals surface area contributed by atoms with Gasteiger partial charge in [-0.1, -0.05) is 11.6 Å². The fraction of sp³-hybridized carbons (Fsp3) is 0.207. The summed E-state index contributed by atoms with van der Waals surface area (Å²) in [4.78, 5) is 20.1. The number of halogens is 4. The van der Waals surface area contributed by atoms with E-state index in [9.17, 15) is 31.6 Å². The first-order chi connectivity index (χ1) is 20.7. The lowest BCUT2D eigenvalue weighted by molar-refractivity contribution is -0.0263. The molecular weight excluding hydrogens is 639 g/mol. The predicted octanol–water partition coefficient (Wildman–Crippen LogP) is 6.44. The molecule has 3 heterocycles. The fourth-order valence-electron chi connectivity index (χ4n) is 4.53. The van der Waals surface area contributed by atoms with Crippen LogP contribution < -0.4 is 19.7 Å². The number of hydrogen-bond acceptors (Lipinski definition) is 8. The van der Waals surface area contributed by atoms with Crippen molar-refractivity contribution in [2.24, 2.45) is 0 Å². The van der Waals surface area contributed by atoms with Gasteiger partial charge in [0.05, 0.1) is 53.4 Å². The Morgan fingerprint density at radius 2 is 1.89 bits per heavy atom. The van der Waals surface area contributed by atoms with E-state index in [1.807, 2.05) is 6.07 Å². The molecule has 1 fully saturated rings. The SMILES string of the molecule is Cc1sc(C(=O)Nc2cc(Cl)cc(NS(C)(=O)=O)c2)cc1-c1ncc(N2CC(F)(F)C2)cc1OCc1cc(F)cc(C#N)c1. The zero-order valence-corrected chi connectivity index (χ0v) is 25.5. The van der Waals surface area contributed by atoms with Crippen LogP contribution >= 0.6 is 22.9 Å². The van der Waals surface area contributed by atoms with Gasteiger partial charge in [-0.2, -0.15) is 5.26 Å². The van der Waals surface area contributed by atoms with Gasteiger partial charge in [-0.3, -0.25) is 14.5 Å². The number of alkyl halides is 2. The van der Waals surface area contributed by atoms with Gasteiger partial charge >= 0.3 is 0 Å². The summed E-state index contributed by atoms with van der Waals surface area (Å²) in [6.45, 7) is 0.673. The summed E-state index contributed by atoms with van der Waals surface area (Å²) >= 11 is 7.28. The molecule has 2 N–H and O–H groups in total. The van der Waals surface area contributed by atoms with Gasteiger partial charge in [0.25, 0.3) is 11.8 Å². The molecule has 228 valence electrons. The van der Waals surface area contributed by atoms with E-state index >= 15 is 0 Å². The Bertz CT molecular complexity index is 1920. The Hall–Kier alpha value is -4.32. The molecule has 1 aliphatic rings. The smallest absolute Gasteiger partial charge is 0.282 e. The topological polar surface area (TPSA) is 124 Å². The van der Waals surface area contributed by atoms with Gasteiger partial charge in [0.15, 0.2) is 0 Å². The van der Waals surface area contributed by atoms with Crippen LogP contribution in [0.3, 0.4) is 0 Å². The van der Waals surface area contributed by atoms with Crippen molar-refractivity contribution in [3.63, 3.8) is 0 Å². The molecule has 15 heteroatoms. The molecule has 44 heavy (non-hydrogen) atoms. The number of benzene rings is 2. The molecule has 4 aromatic rings. The zero-order chi connectivity index (χ0) is 31.8. The molecule has 1 amide bonds. The van der Waals surface area contributed by atoms with Gasteiger partial charge < -0.3 is 15.0 Å². The van der Waals surface area contributed by atoms with Crippen molar-refractivity contribution in [1.82, 2.24) is 4.98 Å². The van der Waals surface area contributed by atoms with Crippen LogP contribution in [-0.2, 0) is 16.6 Å². The fourth-order valence-corrected chi connectivity index (χ4v) is 6.23. The number of thiophene rings is 1. The zero-order valence-electron chi connectivity index (χ0n) is 23.1. The van der Waals surface area contributed by atoms with Crippen molar-refractivity contribution in [2.45, 2.75) is 19.5 Å². The van der Waals surface area contributed by atoms with E-state index in [0.717, 1.165) is 23.7 Å². The van der Waals surface area contributed by atoms with Crippen LogP contribution in [0.1, 0.15) is 25.7 Å². The van der Waals surface area contributed by atoms with Crippen molar-refractivity contribution >= 4 is 55.9 Å². The van der Waals surface area contributed by atoms with Gasteiger partial charge in [-0.15, -0.1) is 11.3 Å². The normalized spacial score (nSPS) is 14.0. The molecule has 2 aromatic heterocycles. The van der Waals surface area contributed by atoms with E-state index in [1.54, 1.807) is 19.1 Å². The first-order valence-corrected chi connectivity index (χ1v) is 15.9. The third kappa shape index (κ3) is 7.42. The maximum atomic E-state index is 14.0. The average molecular weight is 662 g/mol. The van der Waals surface area contributed by atoms with Crippen LogP contribution in [0, 0.1) is 24.1 Å². The lowest BCUT2D eigenvalue weighted by atomic mass is 10.1. The summed E-state index contributed by atoms with van der Waals surface area (Å²) in [5, 5.41) is 12.1. The number of hydrogen-bond donors (Lipinski definition) is 2. The summed E-state index contributed by atoms with van der Waals surface area (Å²) in [5.41, 5.74) is 2.18. The quantitative estimate of drug-likeness (QED) is 0.212. The molecule has 0 radical (unpaired) electrons. The molecule has 2 aromatic carbocycles. The number of rotatable bonds is 9. The van der Waals surface area contributed by atoms with Crippen molar-refractivity contribution in [3.8, 4) is 23.1 Å². The predicted molar refractivity (Wildman–Crippen MR) is 163 cm³/mol. The van der Waals surface area contributed by atoms with Crippen molar-refractivity contribution in [3.05, 3.63) is 86.4 Å². The van der Waals surface area contributed by atoms with Crippen LogP contribution in [-0.4, -0.2) is 44.6 Å². The van der Waals surface area contributed by atoms with E-state index in [4.69, 9.17) is 16.3 Å². The number of nitrogens with zero attached hydrogens (tertiary/aromatic N) is 3. The van der Waals surface area contributed by atoms with Crippen LogP contribution in [0.2, 0.25) is 5.02 Å². The minimum absolute atomic E-state index is 0.113. The van der Waals surface area contributed by atoms with Gasteiger partial charge in [-0.25, -0.2) is 21.6 Å². The summed E-state index contributed by atoms with van der Waals surface area (Å²) in [6, 6.07) is 13.1. The maximum absolute atomic E-state index is 14.0. The molecule has 5 rings (SSSR count). The van der Waals surface area contributed by atoms with Gasteiger partial charge in [0, 0.05) is 27.2 Å². The second-order valence-corrected chi connectivity index (χ2v) is 13.6. The number of carbonyl (C=O) groups excluding carboxylic acids is 1.